The predicted molar refractivity (Wildman–Crippen MR) is 214 cm³/mol. The summed E-state index contributed by atoms with van der Waals surface area (Å²) in [5.41, 5.74) is 4.70. The van der Waals surface area contributed by atoms with Gasteiger partial charge in [0.05, 0.1) is 35.8 Å². The van der Waals surface area contributed by atoms with Crippen LogP contribution in [0.2, 0.25) is 5.02 Å². The molecule has 3 aromatic carbocycles. The minimum Gasteiger partial charge on any atom is -0.462 e. The molecule has 4 heterocycles. The second-order valence-corrected chi connectivity index (χ2v) is 14.6. The Morgan fingerprint density at radius 1 is 1.00 bits per heavy atom. The van der Waals surface area contributed by atoms with Gasteiger partial charge in [0.1, 0.15) is 12.4 Å². The smallest absolute Gasteiger partial charge is 0.318 e. The van der Waals surface area contributed by atoms with Crippen LogP contribution in [-0.4, -0.2) is 89.4 Å². The number of nitriles is 1. The molecule has 0 aliphatic carbocycles. The first-order valence-corrected chi connectivity index (χ1v) is 19.2. The van der Waals surface area contributed by atoms with Crippen molar-refractivity contribution >= 4 is 51.6 Å². The molecule has 2 atom stereocenters. The van der Waals surface area contributed by atoms with Crippen molar-refractivity contribution in [1.82, 2.24) is 19.8 Å². The summed E-state index contributed by atoms with van der Waals surface area (Å²) in [6, 6.07) is 22.3. The van der Waals surface area contributed by atoms with Crippen molar-refractivity contribution in [3.05, 3.63) is 107 Å². The second-order valence-electron chi connectivity index (χ2n) is 14.2. The zero-order valence-corrected chi connectivity index (χ0v) is 31.4. The lowest BCUT2D eigenvalue weighted by Gasteiger charge is -2.42. The van der Waals surface area contributed by atoms with Crippen molar-refractivity contribution in [3.63, 3.8) is 0 Å². The molecule has 0 N–H and O–H groups in total. The van der Waals surface area contributed by atoms with E-state index in [9.17, 15) is 14.9 Å². The molecule has 0 radical (unpaired) electrons. The van der Waals surface area contributed by atoms with Crippen molar-refractivity contribution in [3.8, 4) is 12.1 Å². The average Bonchev–Trinajstić information content (AvgIpc) is 3.66. The first kappa shape index (κ1) is 37.1. The highest BCUT2D eigenvalue weighted by atomic mass is 35.5. The third-order valence-electron chi connectivity index (χ3n) is 11.0. The molecule has 7 rings (SSSR count). The van der Waals surface area contributed by atoms with Crippen molar-refractivity contribution in [1.29, 1.82) is 5.26 Å². The van der Waals surface area contributed by atoms with Crippen LogP contribution in [0.5, 0.6) is 6.01 Å². The number of carbonyl (C=O) groups is 2. The van der Waals surface area contributed by atoms with Crippen LogP contribution in [-0.2, 0) is 17.8 Å². The molecule has 11 heteroatoms. The number of likely N-dealkylation sites (tertiary alicyclic amines) is 1. The molecule has 0 unspecified atom stereocenters. The zero-order valence-electron chi connectivity index (χ0n) is 30.6. The van der Waals surface area contributed by atoms with Crippen LogP contribution in [0.3, 0.4) is 0 Å². The molecule has 4 aromatic rings. The SMILES string of the molecule is C=CC(=O)N1CCN(c2nc(OC[C@@H]3CCCN3CCCC(=O)c3cccc(C=C)c3)nc3c2CCN(c2cccc4cccc(Cl)c24)C3)C[C@@H]1CC#N. The van der Waals surface area contributed by atoms with Gasteiger partial charge in [-0.1, -0.05) is 73.3 Å². The number of piperazine rings is 1. The topological polar surface area (TPSA) is 106 Å². The third-order valence-corrected chi connectivity index (χ3v) is 11.3. The van der Waals surface area contributed by atoms with Crippen molar-refractivity contribution in [2.45, 2.75) is 57.2 Å². The lowest BCUT2D eigenvalue weighted by atomic mass is 10.0. The quantitative estimate of drug-likeness (QED) is 0.105. The number of hydrogen-bond acceptors (Lipinski definition) is 9. The summed E-state index contributed by atoms with van der Waals surface area (Å²) >= 11 is 6.76. The number of benzene rings is 3. The number of ketones is 1. The number of rotatable bonds is 13. The summed E-state index contributed by atoms with van der Waals surface area (Å²) in [5, 5.41) is 12.5. The molecule has 10 nitrogen and oxygen atoms in total. The van der Waals surface area contributed by atoms with Crippen LogP contribution in [0.1, 0.15) is 59.3 Å². The summed E-state index contributed by atoms with van der Waals surface area (Å²) in [4.78, 5) is 44.4. The molecule has 0 spiro atoms. The number of hydrogen-bond donors (Lipinski definition) is 0. The molecule has 1 aromatic heterocycles. The zero-order chi connectivity index (χ0) is 37.6. The van der Waals surface area contributed by atoms with E-state index in [1.165, 1.54) is 6.08 Å². The molecule has 3 aliphatic rings. The molecular formula is C43H46ClN7O3. The van der Waals surface area contributed by atoms with Gasteiger partial charge in [-0.25, -0.2) is 0 Å². The summed E-state index contributed by atoms with van der Waals surface area (Å²) in [7, 11) is 0. The van der Waals surface area contributed by atoms with Gasteiger partial charge in [-0.3, -0.25) is 14.5 Å². The minimum atomic E-state index is -0.285. The summed E-state index contributed by atoms with van der Waals surface area (Å²) in [6.45, 7) is 12.5. The number of fused-ring (bicyclic) bond motifs is 2. The van der Waals surface area contributed by atoms with Gasteiger partial charge < -0.3 is 19.4 Å². The van der Waals surface area contributed by atoms with Crippen LogP contribution in [0.15, 0.2) is 79.9 Å². The van der Waals surface area contributed by atoms with E-state index in [2.05, 4.69) is 58.2 Å². The Hall–Kier alpha value is -5.24. The third kappa shape index (κ3) is 7.98. The maximum Gasteiger partial charge on any atom is 0.318 e. The molecular weight excluding hydrogens is 698 g/mol. The number of amides is 1. The summed E-state index contributed by atoms with van der Waals surface area (Å²) in [6.07, 6.45) is 7.33. The van der Waals surface area contributed by atoms with Crippen LogP contribution in [0, 0.1) is 11.3 Å². The normalized spacial score (nSPS) is 18.6. The van der Waals surface area contributed by atoms with Crippen LogP contribution < -0.4 is 14.5 Å². The Morgan fingerprint density at radius 3 is 2.65 bits per heavy atom. The predicted octanol–water partition coefficient (Wildman–Crippen LogP) is 7.11. The van der Waals surface area contributed by atoms with E-state index in [1.807, 2.05) is 36.4 Å². The van der Waals surface area contributed by atoms with Crippen molar-refractivity contribution in [2.75, 3.05) is 55.7 Å². The van der Waals surface area contributed by atoms with E-state index < -0.39 is 0 Å². The summed E-state index contributed by atoms with van der Waals surface area (Å²) < 4.78 is 6.48. The average molecular weight is 744 g/mol. The van der Waals surface area contributed by atoms with Gasteiger partial charge in [-0.2, -0.15) is 15.2 Å². The standard InChI is InChI=1S/C43H46ClN7O3/c1-3-30-10-5-13-32(26-30)39(52)17-9-22-48-21-8-14-34(48)29-54-43-46-37-28-49(38-16-7-12-31-11-6-15-36(44)41(31)38)23-19-35(37)42(47-43)50-24-25-51(40(53)4-2)33(27-50)18-20-45/h3-7,10-13,15-16,26,33-34H,1-2,8-9,14,17-19,21-25,27-29H2/t33-,34-/m0/s1. The monoisotopic (exact) mass is 743 g/mol. The molecule has 0 bridgehead atoms. The number of halogens is 1. The molecule has 3 aliphatic heterocycles. The van der Waals surface area contributed by atoms with E-state index in [-0.39, 0.29) is 30.2 Å². The number of aromatic nitrogens is 2. The Balaban J connectivity index is 1.11. The molecule has 2 saturated heterocycles. The fourth-order valence-electron chi connectivity index (χ4n) is 8.17. The number of nitrogens with zero attached hydrogens (tertiary/aromatic N) is 7. The molecule has 2 fully saturated rings. The Labute approximate surface area is 322 Å². The van der Waals surface area contributed by atoms with Gasteiger partial charge in [0.2, 0.25) is 5.91 Å². The number of ether oxygens (including phenoxy) is 1. The minimum absolute atomic E-state index is 0.146. The van der Waals surface area contributed by atoms with Crippen molar-refractivity contribution in [2.24, 2.45) is 0 Å². The maximum atomic E-state index is 12.9. The van der Waals surface area contributed by atoms with Crippen molar-refractivity contribution < 1.29 is 14.3 Å². The van der Waals surface area contributed by atoms with E-state index in [1.54, 1.807) is 11.0 Å². The van der Waals surface area contributed by atoms with Crippen LogP contribution in [0.4, 0.5) is 11.5 Å². The highest BCUT2D eigenvalue weighted by Gasteiger charge is 2.34. The maximum absolute atomic E-state index is 12.9. The summed E-state index contributed by atoms with van der Waals surface area (Å²) in [5.74, 6) is 0.786. The van der Waals surface area contributed by atoms with Gasteiger partial charge in [0, 0.05) is 60.8 Å². The first-order valence-electron chi connectivity index (χ1n) is 18.9. The fraction of sp³-hybridized carbons (Fsp3) is 0.372. The van der Waals surface area contributed by atoms with Crippen LogP contribution in [0.25, 0.3) is 16.8 Å². The Morgan fingerprint density at radius 2 is 1.83 bits per heavy atom. The number of Topliss-reactive ketones (excluding diaryl/α,β-unsaturated/α-hetero) is 1. The first-order chi connectivity index (χ1) is 26.4. The molecule has 54 heavy (non-hydrogen) atoms. The van der Waals surface area contributed by atoms with E-state index >= 15 is 0 Å². The molecule has 278 valence electrons. The highest BCUT2D eigenvalue weighted by Crippen LogP contribution is 2.37. The lowest BCUT2D eigenvalue weighted by Crippen LogP contribution is -2.55. The largest absolute Gasteiger partial charge is 0.462 e. The lowest BCUT2D eigenvalue weighted by molar-refractivity contribution is -0.128. The van der Waals surface area contributed by atoms with Gasteiger partial charge in [-0.15, -0.1) is 0 Å². The van der Waals surface area contributed by atoms with Gasteiger partial charge >= 0.3 is 6.01 Å². The molecule has 0 saturated carbocycles. The van der Waals surface area contributed by atoms with E-state index in [0.717, 1.165) is 83.6 Å². The molecule has 1 amide bonds. The second kappa shape index (κ2) is 16.8. The van der Waals surface area contributed by atoms with E-state index in [4.69, 9.17) is 26.3 Å². The van der Waals surface area contributed by atoms with Gasteiger partial charge in [-0.05, 0) is 74.0 Å². The van der Waals surface area contributed by atoms with Crippen LogP contribution >= 0.6 is 11.6 Å². The number of carbonyl (C=O) groups excluding carboxylic acids is 2. The van der Waals surface area contributed by atoms with Gasteiger partial charge in [0.25, 0.3) is 0 Å². The highest BCUT2D eigenvalue weighted by molar-refractivity contribution is 6.36. The fourth-order valence-corrected chi connectivity index (χ4v) is 8.45. The van der Waals surface area contributed by atoms with E-state index in [0.29, 0.717) is 56.7 Å². The number of anilines is 2. The Kier molecular flexibility index (Phi) is 11.6. The Bertz CT molecular complexity index is 2090. The van der Waals surface area contributed by atoms with Gasteiger partial charge in [0.15, 0.2) is 5.78 Å².